The van der Waals surface area contributed by atoms with Crippen LogP contribution in [0.1, 0.15) is 12.6 Å². The molecular weight excluding hydrogens is 370 g/mol. The Kier molecular flexibility index (Phi) is 6.13. The molecule has 0 bridgehead atoms. The third kappa shape index (κ3) is 4.92. The highest BCUT2D eigenvalue weighted by Crippen LogP contribution is 2.28. The van der Waals surface area contributed by atoms with E-state index in [0.717, 1.165) is 28.2 Å². The van der Waals surface area contributed by atoms with Gasteiger partial charge in [-0.25, -0.2) is 14.5 Å². The average Bonchev–Trinajstić information content (AvgIpc) is 3.17. The predicted molar refractivity (Wildman–Crippen MR) is 111 cm³/mol. The van der Waals surface area contributed by atoms with Crippen LogP contribution in [0.3, 0.4) is 0 Å². The third-order valence-corrected chi connectivity index (χ3v) is 4.14. The Hall–Kier alpha value is -3.81. The average molecular weight is 393 g/mol. The number of benzene rings is 1. The first kappa shape index (κ1) is 19.9. The first-order chi connectivity index (χ1) is 14.0. The Morgan fingerprint density at radius 2 is 2.00 bits per heavy atom. The van der Waals surface area contributed by atoms with Crippen LogP contribution in [-0.4, -0.2) is 41.1 Å². The van der Waals surface area contributed by atoms with E-state index in [1.54, 1.807) is 19.4 Å². The van der Waals surface area contributed by atoms with E-state index in [1.807, 2.05) is 48.0 Å². The van der Waals surface area contributed by atoms with Crippen LogP contribution >= 0.6 is 0 Å². The maximum absolute atomic E-state index is 10.7. The van der Waals surface area contributed by atoms with E-state index in [1.165, 1.54) is 0 Å². The molecule has 0 saturated heterocycles. The second-order valence-corrected chi connectivity index (χ2v) is 6.33. The van der Waals surface area contributed by atoms with Crippen molar-refractivity contribution in [2.24, 2.45) is 5.73 Å². The number of amides is 2. The molecule has 2 aromatic heterocycles. The van der Waals surface area contributed by atoms with Gasteiger partial charge in [-0.15, -0.1) is 0 Å². The fraction of sp³-hybridized carbons (Fsp3) is 0.190. The molecular formula is C21H23N5O3. The Bertz CT molecular complexity index is 994. The summed E-state index contributed by atoms with van der Waals surface area (Å²) < 4.78 is 12.6. The summed E-state index contributed by atoms with van der Waals surface area (Å²) in [7, 11) is 1.58. The van der Waals surface area contributed by atoms with Crippen molar-refractivity contribution in [2.75, 3.05) is 20.3 Å². The minimum Gasteiger partial charge on any atom is -0.492 e. The van der Waals surface area contributed by atoms with Gasteiger partial charge in [0.1, 0.15) is 12.4 Å². The zero-order chi connectivity index (χ0) is 20.8. The van der Waals surface area contributed by atoms with Gasteiger partial charge in [0.05, 0.1) is 36.9 Å². The summed E-state index contributed by atoms with van der Waals surface area (Å²) in [5.41, 5.74) is 9.37. The molecule has 0 aliphatic rings. The van der Waals surface area contributed by atoms with Crippen molar-refractivity contribution in [3.8, 4) is 28.6 Å². The van der Waals surface area contributed by atoms with Crippen LogP contribution < -0.4 is 20.5 Å². The lowest BCUT2D eigenvalue weighted by Crippen LogP contribution is -2.32. The molecule has 0 fully saturated rings. The summed E-state index contributed by atoms with van der Waals surface area (Å²) in [6, 6.07) is 12.7. The number of hydrogen-bond donors (Lipinski definition) is 2. The normalized spacial score (nSPS) is 10.4. The maximum Gasteiger partial charge on any atom is 0.312 e. The van der Waals surface area contributed by atoms with Gasteiger partial charge in [-0.2, -0.15) is 5.10 Å². The highest BCUT2D eigenvalue weighted by molar-refractivity contribution is 5.71. The molecule has 8 nitrogen and oxygen atoms in total. The van der Waals surface area contributed by atoms with Crippen LogP contribution in [0, 0.1) is 0 Å². The Labute approximate surface area is 169 Å². The molecule has 0 unspecified atom stereocenters. The summed E-state index contributed by atoms with van der Waals surface area (Å²) in [5, 5.41) is 7.14. The summed E-state index contributed by atoms with van der Waals surface area (Å²) in [4.78, 5) is 14.9. The zero-order valence-corrected chi connectivity index (χ0v) is 16.4. The van der Waals surface area contributed by atoms with Crippen LogP contribution in [0.25, 0.3) is 22.5 Å². The van der Waals surface area contributed by atoms with Gasteiger partial charge in [0, 0.05) is 11.6 Å². The number of aromatic nitrogens is 3. The maximum atomic E-state index is 10.7. The number of ether oxygens (including phenoxy) is 2. The number of pyridine rings is 1. The van der Waals surface area contributed by atoms with Crippen molar-refractivity contribution in [1.82, 2.24) is 20.1 Å². The van der Waals surface area contributed by atoms with Crippen molar-refractivity contribution in [1.29, 1.82) is 0 Å². The standard InChI is InChI=1S/C21H23N5O3/c1-14(2)18-12-19(26(25-18)16-6-9-20(28-3)24-13-16)15-4-7-17(8-5-15)29-11-10-23-21(22)27/h4-9,12-13H,1,10-11H2,2-3H3,(H3,22,23,27). The topological polar surface area (TPSA) is 104 Å². The molecule has 0 aliphatic heterocycles. The molecule has 3 N–H and O–H groups in total. The van der Waals surface area contributed by atoms with E-state index in [2.05, 4.69) is 22.0 Å². The van der Waals surface area contributed by atoms with Crippen LogP contribution in [0.5, 0.6) is 11.6 Å². The lowest BCUT2D eigenvalue weighted by atomic mass is 10.1. The number of rotatable bonds is 8. The molecule has 0 aliphatic carbocycles. The van der Waals surface area contributed by atoms with Gasteiger partial charge in [0.25, 0.3) is 0 Å². The number of nitrogens with zero attached hydrogens (tertiary/aromatic N) is 3. The van der Waals surface area contributed by atoms with Crippen LogP contribution in [0.2, 0.25) is 0 Å². The minimum atomic E-state index is -0.571. The predicted octanol–water partition coefficient (Wildman–Crippen LogP) is 3.02. The minimum absolute atomic E-state index is 0.331. The molecule has 1 aromatic carbocycles. The van der Waals surface area contributed by atoms with E-state index in [9.17, 15) is 4.79 Å². The van der Waals surface area contributed by atoms with Crippen LogP contribution in [0.15, 0.2) is 55.2 Å². The van der Waals surface area contributed by atoms with E-state index < -0.39 is 6.03 Å². The highest BCUT2D eigenvalue weighted by Gasteiger charge is 2.13. The van der Waals surface area contributed by atoms with Gasteiger partial charge in [0.2, 0.25) is 5.88 Å². The van der Waals surface area contributed by atoms with Crippen molar-refractivity contribution in [2.45, 2.75) is 6.92 Å². The van der Waals surface area contributed by atoms with Crippen LogP contribution in [-0.2, 0) is 0 Å². The molecule has 3 aromatic rings. The van der Waals surface area contributed by atoms with Gasteiger partial charge in [-0.05, 0) is 48.9 Å². The van der Waals surface area contributed by atoms with E-state index in [-0.39, 0.29) is 0 Å². The van der Waals surface area contributed by atoms with Crippen molar-refractivity contribution in [3.63, 3.8) is 0 Å². The molecule has 2 amide bonds. The first-order valence-corrected chi connectivity index (χ1v) is 9.01. The smallest absolute Gasteiger partial charge is 0.312 e. The summed E-state index contributed by atoms with van der Waals surface area (Å²) in [6.45, 7) is 6.58. The number of nitrogens with one attached hydrogen (secondary N) is 1. The van der Waals surface area contributed by atoms with Gasteiger partial charge >= 0.3 is 6.03 Å². The number of hydrogen-bond acceptors (Lipinski definition) is 5. The molecule has 0 atom stereocenters. The molecule has 3 rings (SSSR count). The lowest BCUT2D eigenvalue weighted by Gasteiger charge is -2.10. The third-order valence-electron chi connectivity index (χ3n) is 4.14. The number of methoxy groups -OCH3 is 1. The summed E-state index contributed by atoms with van der Waals surface area (Å²) in [5.74, 6) is 1.23. The highest BCUT2D eigenvalue weighted by atomic mass is 16.5. The van der Waals surface area contributed by atoms with E-state index in [0.29, 0.717) is 24.8 Å². The molecule has 0 radical (unpaired) electrons. The Balaban J connectivity index is 1.85. The zero-order valence-electron chi connectivity index (χ0n) is 16.4. The SMILES string of the molecule is C=C(C)c1cc(-c2ccc(OCCNC(N)=O)cc2)n(-c2ccc(OC)nc2)n1. The van der Waals surface area contributed by atoms with Crippen molar-refractivity contribution in [3.05, 3.63) is 60.9 Å². The number of carbonyl (C=O) groups is 1. The van der Waals surface area contributed by atoms with E-state index >= 15 is 0 Å². The number of allylic oxidation sites excluding steroid dienone is 1. The fourth-order valence-corrected chi connectivity index (χ4v) is 2.68. The van der Waals surface area contributed by atoms with Gasteiger partial charge < -0.3 is 20.5 Å². The van der Waals surface area contributed by atoms with Gasteiger partial charge in [-0.1, -0.05) is 6.58 Å². The van der Waals surface area contributed by atoms with Crippen molar-refractivity contribution < 1.29 is 14.3 Å². The second kappa shape index (κ2) is 8.92. The number of primary amides is 1. The van der Waals surface area contributed by atoms with Crippen LogP contribution in [0.4, 0.5) is 4.79 Å². The largest absolute Gasteiger partial charge is 0.492 e. The van der Waals surface area contributed by atoms with Crippen molar-refractivity contribution >= 4 is 11.6 Å². The monoisotopic (exact) mass is 393 g/mol. The number of urea groups is 1. The quantitative estimate of drug-likeness (QED) is 0.573. The Morgan fingerprint density at radius 3 is 2.59 bits per heavy atom. The second-order valence-electron chi connectivity index (χ2n) is 6.33. The fourth-order valence-electron chi connectivity index (χ4n) is 2.68. The Morgan fingerprint density at radius 1 is 1.24 bits per heavy atom. The summed E-state index contributed by atoms with van der Waals surface area (Å²) in [6.07, 6.45) is 1.71. The van der Waals surface area contributed by atoms with Gasteiger partial charge in [-0.3, -0.25) is 0 Å². The first-order valence-electron chi connectivity index (χ1n) is 9.01. The number of carbonyl (C=O) groups excluding carboxylic acids is 1. The molecule has 2 heterocycles. The molecule has 8 heteroatoms. The number of nitrogens with two attached hydrogens (primary N) is 1. The summed E-state index contributed by atoms with van der Waals surface area (Å²) >= 11 is 0. The lowest BCUT2D eigenvalue weighted by molar-refractivity contribution is 0.244. The molecule has 29 heavy (non-hydrogen) atoms. The van der Waals surface area contributed by atoms with E-state index in [4.69, 9.17) is 15.2 Å². The molecule has 0 spiro atoms. The molecule has 0 saturated carbocycles. The molecule has 150 valence electrons. The van der Waals surface area contributed by atoms with Gasteiger partial charge in [0.15, 0.2) is 0 Å².